The Bertz CT molecular complexity index is 320. The van der Waals surface area contributed by atoms with Crippen LogP contribution in [0.15, 0.2) is 0 Å². The van der Waals surface area contributed by atoms with Gasteiger partial charge in [0, 0.05) is 0 Å². The summed E-state index contributed by atoms with van der Waals surface area (Å²) in [5.41, 5.74) is 0. The van der Waals surface area contributed by atoms with E-state index in [9.17, 15) is 4.79 Å². The molecular weight excluding hydrogens is 232 g/mol. The molecule has 7 heteroatoms. The molecule has 0 bridgehead atoms. The molecule has 0 aromatic rings. The first-order valence-electron chi connectivity index (χ1n) is 5.65. The summed E-state index contributed by atoms with van der Waals surface area (Å²) in [6.07, 6.45) is -2.55. The number of aliphatic carboxylic acids is 1. The Hall–Kier alpha value is -0.730. The third kappa shape index (κ3) is 1.84. The molecule has 6 atom stereocenters. The number of hydrogen-bond donors (Lipinski definition) is 1. The number of carbonyl (C=O) groups is 1. The second kappa shape index (κ2) is 4.18. The molecule has 96 valence electrons. The van der Waals surface area contributed by atoms with E-state index in [4.69, 9.17) is 28.8 Å². The second-order valence-corrected chi connectivity index (χ2v) is 4.22. The fourth-order valence-corrected chi connectivity index (χ4v) is 2.29. The molecule has 3 aliphatic rings. The van der Waals surface area contributed by atoms with Gasteiger partial charge in [0.05, 0.1) is 6.61 Å². The Labute approximate surface area is 97.5 Å². The maximum Gasteiger partial charge on any atom is 0.361 e. The van der Waals surface area contributed by atoms with Crippen molar-refractivity contribution in [3.05, 3.63) is 0 Å². The van der Waals surface area contributed by atoms with Crippen molar-refractivity contribution in [2.45, 2.75) is 50.5 Å². The van der Waals surface area contributed by atoms with E-state index in [1.54, 1.807) is 0 Å². The molecule has 0 aromatic carbocycles. The minimum Gasteiger partial charge on any atom is -0.477 e. The van der Waals surface area contributed by atoms with Gasteiger partial charge in [-0.1, -0.05) is 6.92 Å². The van der Waals surface area contributed by atoms with Crippen LogP contribution in [0.4, 0.5) is 0 Å². The van der Waals surface area contributed by atoms with E-state index in [1.165, 1.54) is 0 Å². The second-order valence-electron chi connectivity index (χ2n) is 4.22. The molecule has 0 spiro atoms. The van der Waals surface area contributed by atoms with Gasteiger partial charge in [-0.2, -0.15) is 0 Å². The van der Waals surface area contributed by atoms with Gasteiger partial charge in [0.15, 0.2) is 12.6 Å². The number of fused-ring (bicyclic) bond motifs is 3. The molecule has 3 heterocycles. The van der Waals surface area contributed by atoms with Crippen LogP contribution in [0, 0.1) is 0 Å². The lowest BCUT2D eigenvalue weighted by atomic mass is 10.1. The molecule has 1 N–H and O–H groups in total. The Morgan fingerprint density at radius 3 is 2.76 bits per heavy atom. The summed E-state index contributed by atoms with van der Waals surface area (Å²) in [5, 5.41) is 8.79. The molecule has 3 rings (SSSR count). The first kappa shape index (κ1) is 11.4. The zero-order chi connectivity index (χ0) is 12.0. The molecule has 0 amide bonds. The molecule has 0 saturated carbocycles. The summed E-state index contributed by atoms with van der Waals surface area (Å²) in [5.74, 6) is -1.15. The summed E-state index contributed by atoms with van der Waals surface area (Å²) in [4.78, 5) is 10.7. The van der Waals surface area contributed by atoms with Gasteiger partial charge >= 0.3 is 5.97 Å². The normalized spacial score (nSPS) is 48.8. The predicted octanol–water partition coefficient (Wildman–Crippen LogP) is -0.311. The van der Waals surface area contributed by atoms with E-state index < -0.39 is 24.7 Å². The predicted molar refractivity (Wildman–Crippen MR) is 50.9 cm³/mol. The van der Waals surface area contributed by atoms with Crippen molar-refractivity contribution < 1.29 is 33.6 Å². The fourth-order valence-electron chi connectivity index (χ4n) is 2.29. The molecule has 17 heavy (non-hydrogen) atoms. The SMILES string of the molecule is CCC1OCC2OC3OC(C(=O)O)OC3C2O1. The average Bonchev–Trinajstić information content (AvgIpc) is 2.85. The molecule has 0 radical (unpaired) electrons. The van der Waals surface area contributed by atoms with E-state index >= 15 is 0 Å². The van der Waals surface area contributed by atoms with Gasteiger partial charge in [-0.15, -0.1) is 0 Å². The monoisotopic (exact) mass is 246 g/mol. The molecule has 3 saturated heterocycles. The van der Waals surface area contributed by atoms with E-state index in [1.807, 2.05) is 6.92 Å². The van der Waals surface area contributed by atoms with Crippen LogP contribution in [0.2, 0.25) is 0 Å². The number of carboxylic acids is 1. The Morgan fingerprint density at radius 2 is 2.06 bits per heavy atom. The Balaban J connectivity index is 1.70. The molecule has 7 nitrogen and oxygen atoms in total. The van der Waals surface area contributed by atoms with Crippen molar-refractivity contribution in [3.63, 3.8) is 0 Å². The smallest absolute Gasteiger partial charge is 0.361 e. The van der Waals surface area contributed by atoms with E-state index in [2.05, 4.69) is 0 Å². The Kier molecular flexibility index (Phi) is 2.80. The summed E-state index contributed by atoms with van der Waals surface area (Å²) < 4.78 is 27.0. The number of ether oxygens (including phenoxy) is 5. The van der Waals surface area contributed by atoms with Crippen molar-refractivity contribution in [1.29, 1.82) is 0 Å². The summed E-state index contributed by atoms with van der Waals surface area (Å²) in [6, 6.07) is 0. The maximum absolute atomic E-state index is 10.7. The van der Waals surface area contributed by atoms with Gasteiger partial charge in [-0.25, -0.2) is 4.79 Å². The quantitative estimate of drug-likeness (QED) is 0.715. The van der Waals surface area contributed by atoms with Gasteiger partial charge < -0.3 is 28.8 Å². The van der Waals surface area contributed by atoms with Crippen LogP contribution >= 0.6 is 0 Å². The van der Waals surface area contributed by atoms with Gasteiger partial charge in [-0.3, -0.25) is 0 Å². The van der Waals surface area contributed by atoms with E-state index in [0.717, 1.165) is 6.42 Å². The third-order valence-electron chi connectivity index (χ3n) is 3.10. The average molecular weight is 246 g/mol. The lowest BCUT2D eigenvalue weighted by Gasteiger charge is -2.32. The topological polar surface area (TPSA) is 83.5 Å². The van der Waals surface area contributed by atoms with Gasteiger partial charge in [0.1, 0.15) is 18.3 Å². The van der Waals surface area contributed by atoms with Crippen LogP contribution in [0.5, 0.6) is 0 Å². The van der Waals surface area contributed by atoms with Crippen LogP contribution in [0.3, 0.4) is 0 Å². The minimum atomic E-state index is -1.27. The van der Waals surface area contributed by atoms with Crippen LogP contribution in [-0.2, 0) is 28.5 Å². The van der Waals surface area contributed by atoms with Crippen LogP contribution in [0.25, 0.3) is 0 Å². The van der Waals surface area contributed by atoms with Crippen molar-refractivity contribution in [1.82, 2.24) is 0 Å². The molecule has 3 aliphatic heterocycles. The lowest BCUT2D eigenvalue weighted by Crippen LogP contribution is -2.46. The highest BCUT2D eigenvalue weighted by atomic mass is 16.9. The van der Waals surface area contributed by atoms with Gasteiger partial charge in [-0.05, 0) is 6.42 Å². The van der Waals surface area contributed by atoms with Crippen molar-refractivity contribution in [3.8, 4) is 0 Å². The highest BCUT2D eigenvalue weighted by Crippen LogP contribution is 2.37. The zero-order valence-electron chi connectivity index (χ0n) is 9.28. The van der Waals surface area contributed by atoms with Crippen LogP contribution in [0.1, 0.15) is 13.3 Å². The summed E-state index contributed by atoms with van der Waals surface area (Å²) >= 11 is 0. The van der Waals surface area contributed by atoms with E-state index in [-0.39, 0.29) is 18.5 Å². The highest BCUT2D eigenvalue weighted by Gasteiger charge is 2.56. The van der Waals surface area contributed by atoms with Crippen molar-refractivity contribution >= 4 is 5.97 Å². The first-order valence-corrected chi connectivity index (χ1v) is 5.65. The Morgan fingerprint density at radius 1 is 1.24 bits per heavy atom. The minimum absolute atomic E-state index is 0.248. The molecule has 0 aliphatic carbocycles. The third-order valence-corrected chi connectivity index (χ3v) is 3.10. The van der Waals surface area contributed by atoms with Crippen molar-refractivity contribution in [2.24, 2.45) is 0 Å². The standard InChI is InChI=1S/C10H14O7/c1-2-5-13-3-4-6(15-5)7-9(14-4)17-10(16-7)8(11)12/h4-7,9-10H,2-3H2,1H3,(H,11,12). The largest absolute Gasteiger partial charge is 0.477 e. The highest BCUT2D eigenvalue weighted by molar-refractivity contribution is 5.71. The lowest BCUT2D eigenvalue weighted by molar-refractivity contribution is -0.268. The zero-order valence-corrected chi connectivity index (χ0v) is 9.28. The molecular formula is C10H14O7. The van der Waals surface area contributed by atoms with Gasteiger partial charge in [0.25, 0.3) is 6.29 Å². The van der Waals surface area contributed by atoms with Crippen LogP contribution in [-0.4, -0.2) is 54.9 Å². The number of rotatable bonds is 2. The summed E-state index contributed by atoms with van der Waals surface area (Å²) in [7, 11) is 0. The number of carboxylic acid groups (broad SMARTS) is 1. The molecule has 0 aromatic heterocycles. The summed E-state index contributed by atoms with van der Waals surface area (Å²) in [6.45, 7) is 2.37. The van der Waals surface area contributed by atoms with Crippen LogP contribution < -0.4 is 0 Å². The molecule has 6 unspecified atom stereocenters. The molecule has 3 fully saturated rings. The van der Waals surface area contributed by atoms with Crippen molar-refractivity contribution in [2.75, 3.05) is 6.61 Å². The van der Waals surface area contributed by atoms with E-state index in [0.29, 0.717) is 6.61 Å². The number of hydrogen-bond acceptors (Lipinski definition) is 6. The fraction of sp³-hybridized carbons (Fsp3) is 0.900. The maximum atomic E-state index is 10.7. The first-order chi connectivity index (χ1) is 8.19. The van der Waals surface area contributed by atoms with Gasteiger partial charge in [0.2, 0.25) is 0 Å².